The maximum absolute atomic E-state index is 13.1. The molecule has 1 N–H and O–H groups in total. The summed E-state index contributed by atoms with van der Waals surface area (Å²) in [6, 6.07) is 27.0. The first kappa shape index (κ1) is 20.1. The van der Waals surface area contributed by atoms with Gasteiger partial charge in [0.1, 0.15) is 11.4 Å². The van der Waals surface area contributed by atoms with Gasteiger partial charge in [-0.3, -0.25) is 9.48 Å². The van der Waals surface area contributed by atoms with Crippen LogP contribution >= 0.6 is 0 Å². The van der Waals surface area contributed by atoms with Gasteiger partial charge in [-0.1, -0.05) is 72.8 Å². The van der Waals surface area contributed by atoms with Crippen LogP contribution in [0.3, 0.4) is 0 Å². The minimum absolute atomic E-state index is 0.349. The number of aryl methyl sites for hydroxylation is 1. The molecule has 6 heteroatoms. The van der Waals surface area contributed by atoms with Crippen LogP contribution in [0.2, 0.25) is 0 Å². The number of carbonyl (C=O) groups excluding carboxylic acids is 1. The van der Waals surface area contributed by atoms with Crippen molar-refractivity contribution >= 4 is 11.6 Å². The Bertz CT molecular complexity index is 1170. The predicted molar refractivity (Wildman–Crippen MR) is 121 cm³/mol. The van der Waals surface area contributed by atoms with Gasteiger partial charge in [0.05, 0.1) is 18.4 Å². The summed E-state index contributed by atoms with van der Waals surface area (Å²) >= 11 is 0. The molecule has 0 aliphatic heterocycles. The molecule has 0 radical (unpaired) electrons. The average Bonchev–Trinajstić information content (AvgIpc) is 3.22. The summed E-state index contributed by atoms with van der Waals surface area (Å²) < 4.78 is 7.06. The highest BCUT2D eigenvalue weighted by molar-refractivity contribution is 6.13. The first-order valence-corrected chi connectivity index (χ1v) is 9.83. The normalized spacial score (nSPS) is 10.4. The molecule has 4 aromatic rings. The molecule has 0 bridgehead atoms. The second-order valence-corrected chi connectivity index (χ2v) is 6.90. The van der Waals surface area contributed by atoms with E-state index in [0.29, 0.717) is 22.7 Å². The highest BCUT2D eigenvalue weighted by atomic mass is 16.5. The fraction of sp³-hybridized carbons (Fsp3) is 0.0800. The molecule has 1 amide bonds. The number of nitrogens with zero attached hydrogens (tertiary/aromatic N) is 3. The lowest BCUT2D eigenvalue weighted by Gasteiger charge is -2.09. The number of hydrazone groups is 1. The molecule has 4 rings (SSSR count). The zero-order chi connectivity index (χ0) is 21.6. The number of hydrogen-bond donors (Lipinski definition) is 1. The first-order valence-electron chi connectivity index (χ1n) is 9.83. The van der Waals surface area contributed by atoms with Gasteiger partial charge in [-0.2, -0.15) is 10.2 Å². The summed E-state index contributed by atoms with van der Waals surface area (Å²) in [5.74, 6) is 0.298. The van der Waals surface area contributed by atoms with Crippen molar-refractivity contribution in [2.45, 2.75) is 0 Å². The summed E-state index contributed by atoms with van der Waals surface area (Å²) in [6.07, 6.45) is 1.68. The van der Waals surface area contributed by atoms with E-state index in [4.69, 9.17) is 4.74 Å². The third kappa shape index (κ3) is 4.38. The highest BCUT2D eigenvalue weighted by Gasteiger charge is 2.20. The van der Waals surface area contributed by atoms with Crippen LogP contribution < -0.4 is 10.2 Å². The molecular weight excluding hydrogens is 388 g/mol. The third-order valence-corrected chi connectivity index (χ3v) is 4.80. The van der Waals surface area contributed by atoms with Gasteiger partial charge in [0.2, 0.25) is 0 Å². The van der Waals surface area contributed by atoms with Crippen LogP contribution in [0.15, 0.2) is 96.2 Å². The maximum Gasteiger partial charge on any atom is 0.275 e. The Morgan fingerprint density at radius 3 is 2.10 bits per heavy atom. The van der Waals surface area contributed by atoms with E-state index in [2.05, 4.69) is 15.6 Å². The van der Waals surface area contributed by atoms with Crippen LogP contribution in [0.25, 0.3) is 11.3 Å². The van der Waals surface area contributed by atoms with Gasteiger partial charge in [0.15, 0.2) is 0 Å². The fourth-order valence-corrected chi connectivity index (χ4v) is 3.35. The van der Waals surface area contributed by atoms with E-state index < -0.39 is 0 Å². The predicted octanol–water partition coefficient (Wildman–Crippen LogP) is 4.28. The van der Waals surface area contributed by atoms with Crippen molar-refractivity contribution in [2.24, 2.45) is 12.1 Å². The Balaban J connectivity index is 1.70. The van der Waals surface area contributed by atoms with Crippen LogP contribution in [-0.2, 0) is 7.05 Å². The molecule has 1 aromatic heterocycles. The number of benzene rings is 3. The minimum Gasteiger partial charge on any atom is -0.496 e. The zero-order valence-electron chi connectivity index (χ0n) is 17.3. The fourth-order valence-electron chi connectivity index (χ4n) is 3.35. The zero-order valence-corrected chi connectivity index (χ0v) is 17.3. The molecule has 0 atom stereocenters. The van der Waals surface area contributed by atoms with E-state index in [-0.39, 0.29) is 5.91 Å². The van der Waals surface area contributed by atoms with Crippen molar-refractivity contribution in [1.29, 1.82) is 0 Å². The Kier molecular flexibility index (Phi) is 5.89. The molecule has 6 nitrogen and oxygen atoms in total. The summed E-state index contributed by atoms with van der Waals surface area (Å²) in [4.78, 5) is 13.1. The lowest BCUT2D eigenvalue weighted by atomic mass is 10.0. The summed E-state index contributed by atoms with van der Waals surface area (Å²) in [6.45, 7) is 0. The van der Waals surface area contributed by atoms with Gasteiger partial charge < -0.3 is 4.74 Å². The molecular formula is C25H22N4O2. The molecule has 1 heterocycles. The first-order chi connectivity index (χ1) is 15.2. The molecule has 0 unspecified atom stereocenters. The average molecular weight is 410 g/mol. The van der Waals surface area contributed by atoms with Crippen molar-refractivity contribution in [3.05, 3.63) is 108 Å². The van der Waals surface area contributed by atoms with Gasteiger partial charge in [0, 0.05) is 29.9 Å². The molecule has 0 spiro atoms. The summed E-state index contributed by atoms with van der Waals surface area (Å²) in [5, 5.41) is 8.96. The quantitative estimate of drug-likeness (QED) is 0.381. The Morgan fingerprint density at radius 1 is 0.903 bits per heavy atom. The largest absolute Gasteiger partial charge is 0.496 e. The van der Waals surface area contributed by atoms with Gasteiger partial charge in [0.25, 0.3) is 5.91 Å². The molecule has 3 aromatic carbocycles. The van der Waals surface area contributed by atoms with Crippen LogP contribution in [0, 0.1) is 0 Å². The number of rotatable bonds is 6. The second kappa shape index (κ2) is 9.09. The van der Waals surface area contributed by atoms with Crippen molar-refractivity contribution < 1.29 is 9.53 Å². The Morgan fingerprint density at radius 2 is 1.48 bits per heavy atom. The van der Waals surface area contributed by atoms with Crippen LogP contribution in [0.1, 0.15) is 21.5 Å². The SMILES string of the molecule is COc1ccccc1-c1nn(C)cc1C(=O)NN=C(c1ccccc1)c1ccccc1. The number of amides is 1. The van der Waals surface area contributed by atoms with Gasteiger partial charge in [-0.15, -0.1) is 0 Å². The van der Waals surface area contributed by atoms with E-state index in [9.17, 15) is 4.79 Å². The summed E-state index contributed by atoms with van der Waals surface area (Å²) in [7, 11) is 3.37. The molecule has 0 saturated heterocycles. The van der Waals surface area contributed by atoms with E-state index >= 15 is 0 Å². The van der Waals surface area contributed by atoms with E-state index in [1.807, 2.05) is 84.9 Å². The van der Waals surface area contributed by atoms with E-state index in [1.165, 1.54) is 0 Å². The van der Waals surface area contributed by atoms with Gasteiger partial charge in [-0.25, -0.2) is 5.43 Å². The molecule has 0 saturated carbocycles. The number of methoxy groups -OCH3 is 1. The Hall–Kier alpha value is -4.19. The van der Waals surface area contributed by atoms with E-state index in [0.717, 1.165) is 16.7 Å². The number of hydrogen-bond acceptors (Lipinski definition) is 4. The number of aromatic nitrogens is 2. The smallest absolute Gasteiger partial charge is 0.275 e. The number of nitrogens with one attached hydrogen (secondary N) is 1. The topological polar surface area (TPSA) is 68.5 Å². The molecule has 0 fully saturated rings. The van der Waals surface area contributed by atoms with Crippen LogP contribution in [0.5, 0.6) is 5.75 Å². The summed E-state index contributed by atoms with van der Waals surface area (Å²) in [5.41, 5.74) is 6.90. The highest BCUT2D eigenvalue weighted by Crippen LogP contribution is 2.30. The standard InChI is InChI=1S/C25H22N4O2/c1-29-17-21(24(28-29)20-15-9-10-16-22(20)31-2)25(30)27-26-23(18-11-5-3-6-12-18)19-13-7-4-8-14-19/h3-17H,1-2H3,(H,27,30). The van der Waals surface area contributed by atoms with Crippen molar-refractivity contribution in [1.82, 2.24) is 15.2 Å². The lowest BCUT2D eigenvalue weighted by molar-refractivity contribution is 0.0955. The van der Waals surface area contributed by atoms with Crippen molar-refractivity contribution in [3.63, 3.8) is 0 Å². The number of ether oxygens (including phenoxy) is 1. The van der Waals surface area contributed by atoms with E-state index in [1.54, 1.807) is 25.0 Å². The number of carbonyl (C=O) groups is 1. The molecule has 0 aliphatic rings. The third-order valence-electron chi connectivity index (χ3n) is 4.80. The van der Waals surface area contributed by atoms with Crippen LogP contribution in [0.4, 0.5) is 0 Å². The molecule has 31 heavy (non-hydrogen) atoms. The molecule has 0 aliphatic carbocycles. The lowest BCUT2D eigenvalue weighted by Crippen LogP contribution is -2.21. The van der Waals surface area contributed by atoms with Gasteiger partial charge >= 0.3 is 0 Å². The van der Waals surface area contributed by atoms with Crippen molar-refractivity contribution in [3.8, 4) is 17.0 Å². The van der Waals surface area contributed by atoms with Crippen molar-refractivity contribution in [2.75, 3.05) is 7.11 Å². The Labute approximate surface area is 180 Å². The molecule has 154 valence electrons. The van der Waals surface area contributed by atoms with Gasteiger partial charge in [-0.05, 0) is 12.1 Å². The number of para-hydroxylation sites is 1. The van der Waals surface area contributed by atoms with Crippen LogP contribution in [-0.4, -0.2) is 28.5 Å². The minimum atomic E-state index is -0.349. The monoisotopic (exact) mass is 410 g/mol. The second-order valence-electron chi connectivity index (χ2n) is 6.90. The maximum atomic E-state index is 13.1.